The zero-order valence-electron chi connectivity index (χ0n) is 18.1. The summed E-state index contributed by atoms with van der Waals surface area (Å²) >= 11 is 0. The number of aryl methyl sites for hydroxylation is 1. The summed E-state index contributed by atoms with van der Waals surface area (Å²) in [4.78, 5) is 16.0. The zero-order chi connectivity index (χ0) is 22.8. The summed E-state index contributed by atoms with van der Waals surface area (Å²) in [6.45, 7) is 7.90. The Morgan fingerprint density at radius 2 is 1.81 bits per heavy atom. The van der Waals surface area contributed by atoms with Crippen LogP contribution in [-0.2, 0) is 26.7 Å². The molecular weight excluding hydrogens is 418 g/mol. The molecule has 3 aromatic rings. The highest BCUT2D eigenvalue weighted by atomic mass is 32.2. The molecule has 0 amide bonds. The lowest BCUT2D eigenvalue weighted by Gasteiger charge is -2.18. The van der Waals surface area contributed by atoms with Crippen molar-refractivity contribution in [2.45, 2.75) is 44.6 Å². The summed E-state index contributed by atoms with van der Waals surface area (Å²) in [5.41, 5.74) is 2.78. The molecule has 9 heteroatoms. The second-order valence-corrected chi connectivity index (χ2v) is 9.90. The zero-order valence-corrected chi connectivity index (χ0v) is 18.9. The number of methoxy groups -OCH3 is 1. The predicted molar refractivity (Wildman–Crippen MR) is 115 cm³/mol. The standard InChI is InChI=1S/C22H25N3O5S/c1-14-6-11-17(12-18(14)21(26)29-5)31(27,28)23-13-19-24-20(25-30-19)15-7-9-16(10-8-15)22(2,3)4/h6-12,23H,13H2,1-5H3. The Morgan fingerprint density at radius 3 is 2.42 bits per heavy atom. The fourth-order valence-corrected chi connectivity index (χ4v) is 3.90. The highest BCUT2D eigenvalue weighted by molar-refractivity contribution is 7.89. The molecule has 1 N–H and O–H groups in total. The van der Waals surface area contributed by atoms with Gasteiger partial charge in [0.1, 0.15) is 0 Å². The van der Waals surface area contributed by atoms with E-state index < -0.39 is 16.0 Å². The van der Waals surface area contributed by atoms with E-state index in [0.717, 1.165) is 5.56 Å². The number of esters is 1. The van der Waals surface area contributed by atoms with Gasteiger partial charge >= 0.3 is 5.97 Å². The molecule has 31 heavy (non-hydrogen) atoms. The van der Waals surface area contributed by atoms with Crippen LogP contribution >= 0.6 is 0 Å². The Hall–Kier alpha value is -3.04. The normalized spacial score (nSPS) is 12.0. The lowest BCUT2D eigenvalue weighted by Crippen LogP contribution is -2.24. The van der Waals surface area contributed by atoms with Crippen LogP contribution in [0.15, 0.2) is 51.9 Å². The number of hydrogen-bond donors (Lipinski definition) is 1. The van der Waals surface area contributed by atoms with Crippen molar-refractivity contribution in [1.82, 2.24) is 14.9 Å². The Morgan fingerprint density at radius 1 is 1.13 bits per heavy atom. The van der Waals surface area contributed by atoms with Gasteiger partial charge in [0.15, 0.2) is 0 Å². The Bertz CT molecular complexity index is 1190. The van der Waals surface area contributed by atoms with E-state index in [9.17, 15) is 13.2 Å². The number of nitrogens with one attached hydrogen (secondary N) is 1. The first-order valence-electron chi connectivity index (χ1n) is 9.63. The smallest absolute Gasteiger partial charge is 0.338 e. The van der Waals surface area contributed by atoms with Crippen LogP contribution in [-0.4, -0.2) is 31.6 Å². The number of ether oxygens (including phenoxy) is 1. The fourth-order valence-electron chi connectivity index (χ4n) is 2.90. The average molecular weight is 444 g/mol. The molecule has 0 bridgehead atoms. The van der Waals surface area contributed by atoms with Gasteiger partial charge in [-0.3, -0.25) is 0 Å². The second-order valence-electron chi connectivity index (χ2n) is 8.13. The van der Waals surface area contributed by atoms with Crippen molar-refractivity contribution in [3.63, 3.8) is 0 Å². The van der Waals surface area contributed by atoms with Gasteiger partial charge in [-0.2, -0.15) is 4.98 Å². The van der Waals surface area contributed by atoms with E-state index in [1.807, 2.05) is 24.3 Å². The molecule has 3 rings (SSSR count). The lowest BCUT2D eigenvalue weighted by molar-refractivity contribution is 0.0599. The third-order valence-electron chi connectivity index (χ3n) is 4.82. The van der Waals surface area contributed by atoms with E-state index in [1.165, 1.54) is 24.8 Å². The van der Waals surface area contributed by atoms with E-state index in [2.05, 4.69) is 35.6 Å². The summed E-state index contributed by atoms with van der Waals surface area (Å²) in [6.07, 6.45) is 0. The fraction of sp³-hybridized carbons (Fsp3) is 0.318. The van der Waals surface area contributed by atoms with E-state index in [-0.39, 0.29) is 28.3 Å². The lowest BCUT2D eigenvalue weighted by atomic mass is 9.87. The third-order valence-corrected chi connectivity index (χ3v) is 6.21. The number of rotatable bonds is 6. The van der Waals surface area contributed by atoms with Gasteiger partial charge in [-0.15, -0.1) is 0 Å². The number of carbonyl (C=O) groups is 1. The Labute approximate surface area is 181 Å². The van der Waals surface area contributed by atoms with Crippen LogP contribution in [0.25, 0.3) is 11.4 Å². The van der Waals surface area contributed by atoms with Crippen molar-refractivity contribution in [3.05, 3.63) is 65.0 Å². The number of benzene rings is 2. The first kappa shape index (κ1) is 22.6. The molecule has 0 spiro atoms. The maximum absolute atomic E-state index is 12.6. The molecule has 0 saturated heterocycles. The molecule has 8 nitrogen and oxygen atoms in total. The SMILES string of the molecule is COC(=O)c1cc(S(=O)(=O)NCc2nc(-c3ccc(C(C)(C)C)cc3)no2)ccc1C. The molecule has 0 aliphatic rings. The largest absolute Gasteiger partial charge is 0.465 e. The highest BCUT2D eigenvalue weighted by Crippen LogP contribution is 2.25. The van der Waals surface area contributed by atoms with Crippen LogP contribution in [0.1, 0.15) is 48.1 Å². The van der Waals surface area contributed by atoms with Gasteiger partial charge in [-0.1, -0.05) is 56.3 Å². The highest BCUT2D eigenvalue weighted by Gasteiger charge is 2.20. The summed E-state index contributed by atoms with van der Waals surface area (Å²) in [7, 11) is -2.66. The maximum atomic E-state index is 12.6. The number of aromatic nitrogens is 2. The first-order chi connectivity index (χ1) is 14.5. The van der Waals surface area contributed by atoms with Crippen molar-refractivity contribution in [3.8, 4) is 11.4 Å². The Balaban J connectivity index is 1.74. The molecule has 0 unspecified atom stereocenters. The monoisotopic (exact) mass is 443 g/mol. The Kier molecular flexibility index (Phi) is 6.28. The van der Waals surface area contributed by atoms with E-state index in [4.69, 9.17) is 9.26 Å². The minimum absolute atomic E-state index is 0.0307. The van der Waals surface area contributed by atoms with Gasteiger partial charge in [0.25, 0.3) is 0 Å². The number of nitrogens with zero attached hydrogens (tertiary/aromatic N) is 2. The molecule has 1 heterocycles. The van der Waals surface area contributed by atoms with Crippen molar-refractivity contribution >= 4 is 16.0 Å². The van der Waals surface area contributed by atoms with Gasteiger partial charge in [0.05, 0.1) is 24.1 Å². The van der Waals surface area contributed by atoms with Crippen molar-refractivity contribution < 1.29 is 22.5 Å². The van der Waals surface area contributed by atoms with Crippen LogP contribution in [0, 0.1) is 6.92 Å². The van der Waals surface area contributed by atoms with Crippen molar-refractivity contribution in [2.75, 3.05) is 7.11 Å². The van der Waals surface area contributed by atoms with Crippen LogP contribution in [0.4, 0.5) is 0 Å². The molecule has 0 aliphatic carbocycles. The average Bonchev–Trinajstić information content (AvgIpc) is 3.20. The molecule has 2 aromatic carbocycles. The molecule has 0 fully saturated rings. The van der Waals surface area contributed by atoms with Crippen LogP contribution < -0.4 is 4.72 Å². The van der Waals surface area contributed by atoms with Crippen LogP contribution in [0.3, 0.4) is 0 Å². The maximum Gasteiger partial charge on any atom is 0.338 e. The number of carbonyl (C=O) groups excluding carboxylic acids is 1. The van der Waals surface area contributed by atoms with Crippen molar-refractivity contribution in [1.29, 1.82) is 0 Å². The van der Waals surface area contributed by atoms with Gasteiger partial charge < -0.3 is 9.26 Å². The molecule has 164 valence electrons. The number of hydrogen-bond acceptors (Lipinski definition) is 7. The van der Waals surface area contributed by atoms with Crippen molar-refractivity contribution in [2.24, 2.45) is 0 Å². The van der Waals surface area contributed by atoms with Gasteiger partial charge in [0, 0.05) is 5.56 Å². The number of sulfonamides is 1. The van der Waals surface area contributed by atoms with E-state index in [0.29, 0.717) is 11.4 Å². The van der Waals surface area contributed by atoms with E-state index >= 15 is 0 Å². The molecule has 0 radical (unpaired) electrons. The van der Waals surface area contributed by atoms with E-state index in [1.54, 1.807) is 13.0 Å². The molecule has 1 aromatic heterocycles. The topological polar surface area (TPSA) is 111 Å². The van der Waals surface area contributed by atoms with Gasteiger partial charge in [-0.05, 0) is 35.6 Å². The first-order valence-corrected chi connectivity index (χ1v) is 11.1. The summed E-state index contributed by atoms with van der Waals surface area (Å²) < 4.78 is 37.6. The van der Waals surface area contributed by atoms with Crippen LogP contribution in [0.5, 0.6) is 0 Å². The summed E-state index contributed by atoms with van der Waals surface area (Å²) in [5, 5.41) is 3.93. The predicted octanol–water partition coefficient (Wildman–Crippen LogP) is 3.61. The minimum Gasteiger partial charge on any atom is -0.465 e. The summed E-state index contributed by atoms with van der Waals surface area (Å²) in [6, 6.07) is 12.1. The van der Waals surface area contributed by atoms with Gasteiger partial charge in [0.2, 0.25) is 21.7 Å². The molecule has 0 atom stereocenters. The molecule has 0 aliphatic heterocycles. The summed E-state index contributed by atoms with van der Waals surface area (Å²) in [5.74, 6) is -0.106. The molecule has 0 saturated carbocycles. The quantitative estimate of drug-likeness (QED) is 0.579. The molecular formula is C22H25N3O5S. The van der Waals surface area contributed by atoms with Gasteiger partial charge in [-0.25, -0.2) is 17.9 Å². The van der Waals surface area contributed by atoms with Crippen LogP contribution in [0.2, 0.25) is 0 Å². The second kappa shape index (κ2) is 8.60. The minimum atomic E-state index is -3.90. The third kappa shape index (κ3) is 5.18.